The van der Waals surface area contributed by atoms with Gasteiger partial charge in [-0.25, -0.2) is 0 Å². The quantitative estimate of drug-likeness (QED) is 0.616. The van der Waals surface area contributed by atoms with Crippen molar-refractivity contribution in [1.29, 1.82) is 0 Å². The highest BCUT2D eigenvalue weighted by Crippen LogP contribution is 2.43. The molecule has 0 N–H and O–H groups in total. The molecule has 6 nitrogen and oxygen atoms in total. The molecule has 5 rings (SSSR count). The second-order valence-electron chi connectivity index (χ2n) is 7.47. The van der Waals surface area contributed by atoms with Crippen molar-refractivity contribution in [3.8, 4) is 23.0 Å². The average Bonchev–Trinajstić information content (AvgIpc) is 3.36. The van der Waals surface area contributed by atoms with Crippen LogP contribution in [0.25, 0.3) is 0 Å². The third kappa shape index (κ3) is 3.49. The average molecular weight is 438 g/mol. The van der Waals surface area contributed by atoms with Crippen LogP contribution in [0, 0.1) is 0 Å². The summed E-state index contributed by atoms with van der Waals surface area (Å²) < 4.78 is 22.9. The van der Waals surface area contributed by atoms with Crippen LogP contribution in [0.1, 0.15) is 22.0 Å². The molecular weight excluding hydrogens is 414 g/mol. The van der Waals surface area contributed by atoms with Gasteiger partial charge in [-0.1, -0.05) is 18.2 Å². The first-order chi connectivity index (χ1) is 15.2. The molecule has 31 heavy (non-hydrogen) atoms. The monoisotopic (exact) mass is 437 g/mol. The number of fused-ring (bicyclic) bond motifs is 2. The fourth-order valence-electron chi connectivity index (χ4n) is 4.26. The number of methoxy groups -OCH3 is 2. The predicted molar refractivity (Wildman–Crippen MR) is 117 cm³/mol. The Labute approximate surface area is 184 Å². The van der Waals surface area contributed by atoms with Crippen LogP contribution >= 0.6 is 11.3 Å². The molecule has 3 aromatic rings. The Morgan fingerprint density at radius 3 is 2.58 bits per heavy atom. The summed E-state index contributed by atoms with van der Waals surface area (Å²) in [5.41, 5.74) is 2.21. The summed E-state index contributed by atoms with van der Waals surface area (Å²) in [7, 11) is 3.26. The van der Waals surface area contributed by atoms with E-state index in [1.807, 2.05) is 52.7 Å². The third-order valence-corrected chi connectivity index (χ3v) is 6.68. The first-order valence-electron chi connectivity index (χ1n) is 10.2. The first-order valence-corrected chi connectivity index (χ1v) is 11.0. The lowest BCUT2D eigenvalue weighted by molar-refractivity contribution is -0.143. The van der Waals surface area contributed by atoms with Gasteiger partial charge in [0.05, 0.1) is 20.3 Å². The third-order valence-electron chi connectivity index (χ3n) is 5.75. The number of hydrogen-bond acceptors (Lipinski definition) is 6. The molecule has 0 spiro atoms. The highest BCUT2D eigenvalue weighted by atomic mass is 32.1. The Morgan fingerprint density at radius 1 is 1.06 bits per heavy atom. The lowest BCUT2D eigenvalue weighted by Crippen LogP contribution is -2.50. The van der Waals surface area contributed by atoms with E-state index in [0.29, 0.717) is 29.5 Å². The second-order valence-corrected chi connectivity index (χ2v) is 8.45. The molecule has 3 heterocycles. The highest BCUT2D eigenvalue weighted by molar-refractivity contribution is 7.10. The van der Waals surface area contributed by atoms with Crippen LogP contribution in [0.3, 0.4) is 0 Å². The van der Waals surface area contributed by atoms with Crippen molar-refractivity contribution < 1.29 is 23.7 Å². The molecule has 2 aromatic carbocycles. The summed E-state index contributed by atoms with van der Waals surface area (Å²) >= 11 is 1.63. The fourth-order valence-corrected chi connectivity index (χ4v) is 5.12. The van der Waals surface area contributed by atoms with E-state index < -0.39 is 6.10 Å². The Bertz CT molecular complexity index is 1100. The topological polar surface area (TPSA) is 57.2 Å². The maximum Gasteiger partial charge on any atom is 0.268 e. The minimum Gasteiger partial charge on any atom is -0.493 e. The summed E-state index contributed by atoms with van der Waals surface area (Å²) in [5, 5.41) is 2.03. The smallest absolute Gasteiger partial charge is 0.268 e. The number of carbonyl (C=O) groups is 1. The number of ether oxygens (including phenoxy) is 4. The fraction of sp³-hybridized carbons (Fsp3) is 0.292. The Morgan fingerprint density at radius 2 is 1.84 bits per heavy atom. The van der Waals surface area contributed by atoms with Crippen molar-refractivity contribution in [1.82, 2.24) is 4.90 Å². The van der Waals surface area contributed by atoms with Gasteiger partial charge in [-0.15, -0.1) is 11.3 Å². The summed E-state index contributed by atoms with van der Waals surface area (Å²) in [6.45, 7) is 0.785. The first kappa shape index (κ1) is 19.8. The standard InChI is InChI=1S/C24H23NO5S/c1-27-19-12-15-9-10-25(23(22-8-5-11-31-22)16(15)13-20(19)28-2)24(26)21-14-29-17-6-3-4-7-18(17)30-21/h3-8,11-13,21,23H,9-10,14H2,1-2H3/t21-,23+/m1/s1. The van der Waals surface area contributed by atoms with E-state index in [0.717, 1.165) is 22.4 Å². The maximum atomic E-state index is 13.6. The van der Waals surface area contributed by atoms with Gasteiger partial charge in [-0.05, 0) is 53.3 Å². The summed E-state index contributed by atoms with van der Waals surface area (Å²) in [4.78, 5) is 16.6. The van der Waals surface area contributed by atoms with Crippen molar-refractivity contribution in [2.45, 2.75) is 18.6 Å². The van der Waals surface area contributed by atoms with Gasteiger partial charge in [0.25, 0.3) is 5.91 Å². The number of hydrogen-bond donors (Lipinski definition) is 0. The molecule has 2 aliphatic heterocycles. The molecule has 2 aliphatic rings. The van der Waals surface area contributed by atoms with Crippen molar-refractivity contribution in [2.75, 3.05) is 27.4 Å². The number of rotatable bonds is 4. The Balaban J connectivity index is 1.51. The maximum absolute atomic E-state index is 13.6. The molecule has 1 amide bonds. The molecule has 160 valence electrons. The molecule has 2 atom stereocenters. The van der Waals surface area contributed by atoms with Crippen LogP contribution in [0.15, 0.2) is 53.9 Å². The number of para-hydroxylation sites is 2. The Hall–Kier alpha value is -3.19. The summed E-state index contributed by atoms with van der Waals surface area (Å²) in [5.74, 6) is 2.55. The van der Waals surface area contributed by atoms with Crippen LogP contribution < -0.4 is 18.9 Å². The van der Waals surface area contributed by atoms with E-state index in [9.17, 15) is 4.79 Å². The Kier molecular flexibility index (Phi) is 5.19. The number of benzene rings is 2. The summed E-state index contributed by atoms with van der Waals surface area (Å²) in [6.07, 6.45) is 0.0482. The zero-order valence-corrected chi connectivity index (χ0v) is 18.2. The molecule has 0 unspecified atom stereocenters. The molecule has 7 heteroatoms. The number of nitrogens with zero attached hydrogens (tertiary/aromatic N) is 1. The molecule has 0 bridgehead atoms. The summed E-state index contributed by atoms with van der Waals surface area (Å²) in [6, 6.07) is 15.3. The molecule has 0 radical (unpaired) electrons. The number of thiophene rings is 1. The lowest BCUT2D eigenvalue weighted by atomic mass is 9.90. The minimum absolute atomic E-state index is 0.0756. The largest absolute Gasteiger partial charge is 0.493 e. The van der Waals surface area contributed by atoms with Gasteiger partial charge in [0, 0.05) is 11.4 Å². The zero-order valence-electron chi connectivity index (χ0n) is 17.4. The van der Waals surface area contributed by atoms with E-state index in [1.54, 1.807) is 25.6 Å². The van der Waals surface area contributed by atoms with E-state index in [1.165, 1.54) is 0 Å². The van der Waals surface area contributed by atoms with Crippen molar-refractivity contribution >= 4 is 17.2 Å². The predicted octanol–water partition coefficient (Wildman–Crippen LogP) is 4.08. The van der Waals surface area contributed by atoms with Crippen molar-refractivity contribution in [3.05, 3.63) is 69.9 Å². The molecule has 0 saturated heterocycles. The van der Waals surface area contributed by atoms with Gasteiger partial charge in [-0.3, -0.25) is 4.79 Å². The van der Waals surface area contributed by atoms with E-state index in [-0.39, 0.29) is 18.6 Å². The molecule has 0 aliphatic carbocycles. The number of carbonyl (C=O) groups excluding carboxylic acids is 1. The van der Waals surface area contributed by atoms with E-state index in [2.05, 4.69) is 6.07 Å². The molecular formula is C24H23NO5S. The van der Waals surface area contributed by atoms with Crippen LogP contribution in [-0.2, 0) is 11.2 Å². The van der Waals surface area contributed by atoms with Gasteiger partial charge in [0.1, 0.15) is 6.61 Å². The minimum atomic E-state index is -0.681. The molecule has 0 fully saturated rings. The normalized spacial score (nSPS) is 19.5. The van der Waals surface area contributed by atoms with E-state index >= 15 is 0 Å². The second kappa shape index (κ2) is 8.15. The van der Waals surface area contributed by atoms with Gasteiger partial charge >= 0.3 is 0 Å². The SMILES string of the molecule is COc1cc2c(cc1OC)[C@@H](c1cccs1)N(C(=O)[C@H]1COc3ccccc3O1)CC2. The van der Waals surface area contributed by atoms with Crippen LogP contribution in [0.4, 0.5) is 0 Å². The molecule has 0 saturated carbocycles. The van der Waals surface area contributed by atoms with Gasteiger partial charge in [0.15, 0.2) is 23.0 Å². The zero-order chi connectivity index (χ0) is 21.4. The van der Waals surface area contributed by atoms with Crippen LogP contribution in [-0.4, -0.2) is 44.3 Å². The lowest BCUT2D eigenvalue weighted by Gasteiger charge is -2.39. The number of amides is 1. The van der Waals surface area contributed by atoms with Crippen LogP contribution in [0.5, 0.6) is 23.0 Å². The van der Waals surface area contributed by atoms with Crippen molar-refractivity contribution in [3.63, 3.8) is 0 Å². The van der Waals surface area contributed by atoms with Gasteiger partial charge < -0.3 is 23.8 Å². The highest BCUT2D eigenvalue weighted by Gasteiger charge is 2.39. The van der Waals surface area contributed by atoms with Crippen molar-refractivity contribution in [2.24, 2.45) is 0 Å². The van der Waals surface area contributed by atoms with Gasteiger partial charge in [-0.2, -0.15) is 0 Å². The van der Waals surface area contributed by atoms with E-state index in [4.69, 9.17) is 18.9 Å². The molecule has 1 aromatic heterocycles. The van der Waals surface area contributed by atoms with Crippen LogP contribution in [0.2, 0.25) is 0 Å². The van der Waals surface area contributed by atoms with Gasteiger partial charge in [0.2, 0.25) is 6.10 Å².